The van der Waals surface area contributed by atoms with E-state index in [0.29, 0.717) is 12.0 Å². The quantitative estimate of drug-likeness (QED) is 0.415. The second-order valence-corrected chi connectivity index (χ2v) is 9.51. The minimum absolute atomic E-state index is 0.00982. The number of halogens is 1. The van der Waals surface area contributed by atoms with Gasteiger partial charge in [-0.25, -0.2) is 4.39 Å². The maximum absolute atomic E-state index is 13.8. The molecule has 0 aliphatic heterocycles. The fraction of sp³-hybridized carbons (Fsp3) is 0.280. The maximum atomic E-state index is 13.8. The summed E-state index contributed by atoms with van der Waals surface area (Å²) in [6.45, 7) is 5.72. The second-order valence-electron chi connectivity index (χ2n) is 8.74. The average Bonchev–Trinajstić information content (AvgIpc) is 3.21. The molecule has 2 aromatic carbocycles. The predicted octanol–water partition coefficient (Wildman–Crippen LogP) is 3.65. The molecule has 3 rings (SSSR count). The number of nitrogens with zero attached hydrogens (tertiary/aromatic N) is 2. The highest BCUT2D eigenvalue weighted by Crippen LogP contribution is 2.31. The van der Waals surface area contributed by atoms with Crippen molar-refractivity contribution in [3.05, 3.63) is 82.1 Å². The number of amides is 3. The van der Waals surface area contributed by atoms with E-state index in [-0.39, 0.29) is 22.8 Å². The van der Waals surface area contributed by atoms with Crippen LogP contribution in [-0.2, 0) is 11.3 Å². The summed E-state index contributed by atoms with van der Waals surface area (Å²) in [5.74, 6) is -2.37. The number of aromatic nitrogens is 1. The number of hydrogen-bond acceptors (Lipinski definition) is 6. The van der Waals surface area contributed by atoms with Gasteiger partial charge < -0.3 is 21.7 Å². The standard InChI is InChI=1S/C25H28FN5O3S/c1-4-25(2,3)29-23(33)20(16-10-12-17(26)13-11-16)31(14-15-8-6-5-7-9-15)24(34)21-18(27)19(22(28)32)30-35-21/h5-13,20H,4,14,27H2,1-3H3,(H2,28,32)(H,29,33). The van der Waals surface area contributed by atoms with Gasteiger partial charge in [0.25, 0.3) is 11.8 Å². The number of hydrogen-bond donors (Lipinski definition) is 3. The van der Waals surface area contributed by atoms with Crippen molar-refractivity contribution < 1.29 is 18.8 Å². The SMILES string of the molecule is CCC(C)(C)NC(=O)C(c1ccc(F)cc1)N(Cc1ccccc1)C(=O)c1snc(C(N)=O)c1N. The minimum atomic E-state index is -1.12. The summed E-state index contributed by atoms with van der Waals surface area (Å²) in [5, 5.41) is 2.99. The van der Waals surface area contributed by atoms with Crippen LogP contribution in [0.3, 0.4) is 0 Å². The van der Waals surface area contributed by atoms with Gasteiger partial charge in [0.1, 0.15) is 16.7 Å². The van der Waals surface area contributed by atoms with Gasteiger partial charge in [-0.05, 0) is 55.1 Å². The van der Waals surface area contributed by atoms with E-state index in [2.05, 4.69) is 9.69 Å². The zero-order valence-electron chi connectivity index (χ0n) is 19.7. The third-order valence-electron chi connectivity index (χ3n) is 5.70. The Bertz CT molecular complexity index is 1210. The molecule has 1 atom stereocenters. The van der Waals surface area contributed by atoms with Gasteiger partial charge in [0, 0.05) is 12.1 Å². The highest BCUT2D eigenvalue weighted by atomic mass is 32.1. The first-order chi connectivity index (χ1) is 16.5. The number of primary amides is 1. The summed E-state index contributed by atoms with van der Waals surface area (Å²) in [7, 11) is 0. The predicted molar refractivity (Wildman–Crippen MR) is 133 cm³/mol. The molecule has 0 bridgehead atoms. The molecule has 1 unspecified atom stereocenters. The van der Waals surface area contributed by atoms with Crippen molar-refractivity contribution in [1.82, 2.24) is 14.6 Å². The van der Waals surface area contributed by atoms with Gasteiger partial charge in [-0.1, -0.05) is 49.4 Å². The van der Waals surface area contributed by atoms with Crippen LogP contribution in [0.4, 0.5) is 10.1 Å². The number of nitrogen functional groups attached to an aromatic ring is 1. The van der Waals surface area contributed by atoms with E-state index in [1.54, 1.807) is 0 Å². The molecule has 0 saturated carbocycles. The van der Waals surface area contributed by atoms with Crippen molar-refractivity contribution in [2.24, 2.45) is 5.73 Å². The van der Waals surface area contributed by atoms with Gasteiger partial charge >= 0.3 is 0 Å². The van der Waals surface area contributed by atoms with Crippen LogP contribution in [0.2, 0.25) is 0 Å². The molecule has 184 valence electrons. The summed E-state index contributed by atoms with van der Waals surface area (Å²) < 4.78 is 17.7. The molecule has 0 radical (unpaired) electrons. The van der Waals surface area contributed by atoms with Gasteiger partial charge in [-0.2, -0.15) is 4.37 Å². The number of carbonyl (C=O) groups is 3. The molecule has 8 nitrogen and oxygen atoms in total. The van der Waals surface area contributed by atoms with Gasteiger partial charge in [0.05, 0.1) is 5.69 Å². The molecular weight excluding hydrogens is 469 g/mol. The van der Waals surface area contributed by atoms with Crippen LogP contribution in [0.15, 0.2) is 54.6 Å². The third-order valence-corrected chi connectivity index (χ3v) is 6.55. The number of carbonyl (C=O) groups excluding carboxylic acids is 3. The van der Waals surface area contributed by atoms with E-state index in [0.717, 1.165) is 17.1 Å². The monoisotopic (exact) mass is 497 g/mol. The van der Waals surface area contributed by atoms with Crippen molar-refractivity contribution in [1.29, 1.82) is 0 Å². The molecule has 10 heteroatoms. The van der Waals surface area contributed by atoms with Crippen molar-refractivity contribution >= 4 is 34.9 Å². The summed E-state index contributed by atoms with van der Waals surface area (Å²) >= 11 is 0.737. The lowest BCUT2D eigenvalue weighted by atomic mass is 9.98. The van der Waals surface area contributed by atoms with E-state index >= 15 is 0 Å². The molecular formula is C25H28FN5O3S. The van der Waals surface area contributed by atoms with Gasteiger partial charge in [0.15, 0.2) is 5.69 Å². The first kappa shape index (κ1) is 25.8. The molecule has 3 aromatic rings. The Morgan fingerprint density at radius 2 is 1.74 bits per heavy atom. The van der Waals surface area contributed by atoms with Crippen LogP contribution >= 0.6 is 11.5 Å². The summed E-state index contributed by atoms with van der Waals surface area (Å²) in [4.78, 5) is 40.5. The largest absolute Gasteiger partial charge is 0.395 e. The second kappa shape index (κ2) is 10.6. The zero-order valence-corrected chi connectivity index (χ0v) is 20.6. The van der Waals surface area contributed by atoms with E-state index in [1.807, 2.05) is 51.1 Å². The molecule has 5 N–H and O–H groups in total. The maximum Gasteiger partial charge on any atom is 0.270 e. The minimum Gasteiger partial charge on any atom is -0.395 e. The lowest BCUT2D eigenvalue weighted by Gasteiger charge is -2.34. The lowest BCUT2D eigenvalue weighted by Crippen LogP contribution is -2.50. The highest BCUT2D eigenvalue weighted by Gasteiger charge is 2.36. The number of anilines is 1. The summed E-state index contributed by atoms with van der Waals surface area (Å²) in [6.07, 6.45) is 0.644. The van der Waals surface area contributed by atoms with E-state index in [1.165, 1.54) is 29.2 Å². The fourth-order valence-electron chi connectivity index (χ4n) is 3.43. The van der Waals surface area contributed by atoms with Crippen LogP contribution in [0, 0.1) is 5.82 Å². The van der Waals surface area contributed by atoms with Crippen LogP contribution in [0.25, 0.3) is 0 Å². The van der Waals surface area contributed by atoms with Gasteiger partial charge in [-0.15, -0.1) is 0 Å². The summed E-state index contributed by atoms with van der Waals surface area (Å²) in [5.41, 5.74) is 11.6. The third kappa shape index (κ3) is 6.02. The van der Waals surface area contributed by atoms with Crippen LogP contribution in [0.5, 0.6) is 0 Å². The molecule has 1 aromatic heterocycles. The smallest absolute Gasteiger partial charge is 0.270 e. The first-order valence-corrected chi connectivity index (χ1v) is 11.8. The number of nitrogens with two attached hydrogens (primary N) is 2. The topological polar surface area (TPSA) is 131 Å². The average molecular weight is 498 g/mol. The molecule has 35 heavy (non-hydrogen) atoms. The van der Waals surface area contributed by atoms with Gasteiger partial charge in [0.2, 0.25) is 5.91 Å². The van der Waals surface area contributed by atoms with E-state index < -0.39 is 35.1 Å². The Morgan fingerprint density at radius 1 is 1.11 bits per heavy atom. The van der Waals surface area contributed by atoms with Crippen molar-refractivity contribution in [3.8, 4) is 0 Å². The van der Waals surface area contributed by atoms with Crippen molar-refractivity contribution in [3.63, 3.8) is 0 Å². The number of nitrogens with one attached hydrogen (secondary N) is 1. The Balaban J connectivity index is 2.15. The van der Waals surface area contributed by atoms with Crippen LogP contribution < -0.4 is 16.8 Å². The van der Waals surface area contributed by atoms with Crippen molar-refractivity contribution in [2.75, 3.05) is 5.73 Å². The summed E-state index contributed by atoms with van der Waals surface area (Å²) in [6, 6.07) is 13.4. The van der Waals surface area contributed by atoms with Crippen LogP contribution in [0.1, 0.15) is 64.5 Å². The van der Waals surface area contributed by atoms with E-state index in [9.17, 15) is 18.8 Å². The van der Waals surface area contributed by atoms with E-state index in [4.69, 9.17) is 11.5 Å². The fourth-order valence-corrected chi connectivity index (χ4v) is 4.19. The lowest BCUT2D eigenvalue weighted by molar-refractivity contribution is -0.127. The molecule has 0 spiro atoms. The molecule has 1 heterocycles. The molecule has 0 aliphatic carbocycles. The Morgan fingerprint density at radius 3 is 2.29 bits per heavy atom. The Hall–Kier alpha value is -3.79. The highest BCUT2D eigenvalue weighted by molar-refractivity contribution is 7.09. The number of rotatable bonds is 9. The molecule has 0 fully saturated rings. The Labute approximate surface area is 207 Å². The molecule has 0 saturated heterocycles. The Kier molecular flexibility index (Phi) is 7.85. The van der Waals surface area contributed by atoms with Crippen LogP contribution in [-0.4, -0.2) is 32.5 Å². The zero-order chi connectivity index (χ0) is 25.8. The molecule has 3 amide bonds. The normalized spacial score (nSPS) is 12.1. The first-order valence-electron chi connectivity index (χ1n) is 11.0. The number of benzene rings is 2. The van der Waals surface area contributed by atoms with Gasteiger partial charge in [-0.3, -0.25) is 14.4 Å². The molecule has 0 aliphatic rings. The van der Waals surface area contributed by atoms with Crippen molar-refractivity contribution in [2.45, 2.75) is 45.3 Å².